The number of nitrogens with zero attached hydrogens (tertiary/aromatic N) is 2. The number of aliphatic imine (C=N–C) groups is 1. The lowest BCUT2D eigenvalue weighted by atomic mass is 9.84. The Labute approximate surface area is 310 Å². The molecule has 1 saturated heterocycles. The summed E-state index contributed by atoms with van der Waals surface area (Å²) in [5.74, 6) is -5.42. The van der Waals surface area contributed by atoms with Gasteiger partial charge in [0.25, 0.3) is 11.8 Å². The molecule has 4 unspecified atom stereocenters. The minimum atomic E-state index is -2.77. The van der Waals surface area contributed by atoms with Crippen LogP contribution in [0.25, 0.3) is 0 Å². The number of likely N-dealkylation sites (tertiary alicyclic amines) is 1. The van der Waals surface area contributed by atoms with Gasteiger partial charge >= 0.3 is 0 Å². The summed E-state index contributed by atoms with van der Waals surface area (Å²) in [5.41, 5.74) is 0.106. The van der Waals surface area contributed by atoms with Gasteiger partial charge in [-0.15, -0.1) is 0 Å². The van der Waals surface area contributed by atoms with E-state index in [1.807, 2.05) is 31.2 Å². The van der Waals surface area contributed by atoms with Crippen molar-refractivity contribution in [2.45, 2.75) is 110 Å². The van der Waals surface area contributed by atoms with Gasteiger partial charge in [-0.05, 0) is 55.8 Å². The number of amides is 5. The predicted octanol–water partition coefficient (Wildman–Crippen LogP) is 2.39. The first-order valence-corrected chi connectivity index (χ1v) is 18.8. The number of Topliss-reactive ketones (excluding diaryl/α,β-unsaturated/α-hetero) is 1. The van der Waals surface area contributed by atoms with Crippen molar-refractivity contribution in [2.24, 2.45) is 40.5 Å². The molecule has 9 atom stereocenters. The molecular formula is C38H55F2N7O6. The fourth-order valence-corrected chi connectivity index (χ4v) is 7.78. The lowest BCUT2D eigenvalue weighted by Gasteiger charge is -2.34. The van der Waals surface area contributed by atoms with E-state index >= 15 is 0 Å². The number of allylic oxidation sites excluding steroid dienone is 3. The molecule has 2 aliphatic carbocycles. The molecule has 0 aromatic rings. The number of halogens is 2. The van der Waals surface area contributed by atoms with Crippen molar-refractivity contribution in [1.29, 1.82) is 0 Å². The highest BCUT2D eigenvalue weighted by Crippen LogP contribution is 2.43. The third-order valence-corrected chi connectivity index (χ3v) is 10.8. The smallest absolute Gasteiger partial charge is 0.289 e. The molecule has 15 heteroatoms. The quantitative estimate of drug-likeness (QED) is 0.151. The summed E-state index contributed by atoms with van der Waals surface area (Å²) in [6.45, 7) is 11.5. The average Bonchev–Trinajstić information content (AvgIpc) is 3.72. The monoisotopic (exact) mass is 743 g/mol. The first-order chi connectivity index (χ1) is 25.1. The summed E-state index contributed by atoms with van der Waals surface area (Å²) in [6.07, 6.45) is 8.90. The van der Waals surface area contributed by atoms with Crippen molar-refractivity contribution in [3.05, 3.63) is 36.2 Å². The van der Waals surface area contributed by atoms with E-state index in [0.29, 0.717) is 13.0 Å². The summed E-state index contributed by atoms with van der Waals surface area (Å²) >= 11 is 0. The number of hydrogen-bond donors (Lipinski definition) is 5. The Kier molecular flexibility index (Phi) is 14.5. The molecule has 2 heterocycles. The Bertz CT molecular complexity index is 1510. The van der Waals surface area contributed by atoms with E-state index in [-0.39, 0.29) is 41.8 Å². The van der Waals surface area contributed by atoms with Crippen LogP contribution in [0.5, 0.6) is 0 Å². The second-order valence-electron chi connectivity index (χ2n) is 15.3. The molecule has 0 bridgehead atoms. The van der Waals surface area contributed by atoms with Gasteiger partial charge in [0.2, 0.25) is 29.9 Å². The fraction of sp³-hybridized carbons (Fsp3) is 0.658. The number of carbonyl (C=O) groups excluding carboxylic acids is 6. The van der Waals surface area contributed by atoms with Crippen molar-refractivity contribution in [3.63, 3.8) is 0 Å². The Balaban J connectivity index is 1.51. The van der Waals surface area contributed by atoms with Crippen molar-refractivity contribution in [2.75, 3.05) is 13.1 Å². The van der Waals surface area contributed by atoms with Gasteiger partial charge in [-0.3, -0.25) is 33.8 Å². The summed E-state index contributed by atoms with van der Waals surface area (Å²) in [5, 5.41) is 13.7. The number of ketones is 1. The Morgan fingerprint density at radius 3 is 2.23 bits per heavy atom. The SMILES string of the molecule is CC(C)C(NC(=O)[C@H](NC(=O)C1=CNCC=N1)C(C)C)C(=O)N1C[C@@H]2CCC[C@@H]2[C@H]1C(=O)NC(CCC(F)F)C(=O)C(=O)N[C@@H](C)C1C=CC=CC1C. The molecule has 4 aliphatic rings. The lowest BCUT2D eigenvalue weighted by Crippen LogP contribution is -2.60. The highest BCUT2D eigenvalue weighted by Gasteiger charge is 2.51. The van der Waals surface area contributed by atoms with Crippen LogP contribution >= 0.6 is 0 Å². The van der Waals surface area contributed by atoms with Crippen LogP contribution in [0.4, 0.5) is 8.78 Å². The molecule has 0 aromatic carbocycles. The number of carbonyl (C=O) groups is 6. The van der Waals surface area contributed by atoms with E-state index in [1.54, 1.807) is 34.6 Å². The molecule has 0 spiro atoms. The van der Waals surface area contributed by atoms with E-state index in [4.69, 9.17) is 0 Å². The molecule has 2 fully saturated rings. The third-order valence-electron chi connectivity index (χ3n) is 10.8. The first-order valence-electron chi connectivity index (χ1n) is 18.8. The molecule has 2 aliphatic heterocycles. The molecule has 292 valence electrons. The van der Waals surface area contributed by atoms with Crippen LogP contribution in [0.15, 0.2) is 41.2 Å². The molecule has 13 nitrogen and oxygen atoms in total. The van der Waals surface area contributed by atoms with Crippen LogP contribution in [0.2, 0.25) is 0 Å². The second kappa shape index (κ2) is 18.6. The van der Waals surface area contributed by atoms with Gasteiger partial charge in [0.15, 0.2) is 0 Å². The lowest BCUT2D eigenvalue weighted by molar-refractivity contribution is -0.145. The topological polar surface area (TPSA) is 178 Å². The zero-order valence-corrected chi connectivity index (χ0v) is 31.4. The van der Waals surface area contributed by atoms with Gasteiger partial charge in [-0.1, -0.05) is 65.3 Å². The largest absolute Gasteiger partial charge is 0.384 e. The molecule has 5 amide bonds. The molecule has 1 saturated carbocycles. The number of rotatable bonds is 16. The number of nitrogens with one attached hydrogen (secondary N) is 5. The first kappa shape index (κ1) is 41.3. The fourth-order valence-electron chi connectivity index (χ4n) is 7.78. The Hall–Kier alpha value is -4.43. The van der Waals surface area contributed by atoms with Crippen LogP contribution in [-0.2, 0) is 28.8 Å². The Morgan fingerprint density at radius 2 is 1.60 bits per heavy atom. The summed E-state index contributed by atoms with van der Waals surface area (Å²) in [6, 6.07) is -5.09. The maximum Gasteiger partial charge on any atom is 0.289 e. The van der Waals surface area contributed by atoms with E-state index in [1.165, 1.54) is 17.3 Å². The maximum atomic E-state index is 14.3. The minimum absolute atomic E-state index is 0.0159. The predicted molar refractivity (Wildman–Crippen MR) is 195 cm³/mol. The summed E-state index contributed by atoms with van der Waals surface area (Å²) < 4.78 is 26.8. The standard InChI is InChI=1S/C38H55F2N7O6/c1-20(2)30(45-34(49)28-18-41-16-17-42-28)35(50)46-31(21(3)4)38(53)47-19-24-11-9-13-26(24)32(47)36(51)44-27(14-15-29(39)40)33(48)37(52)43-23(6)25-12-8-7-10-22(25)5/h7-8,10,12,17-18,20-27,29-32,41H,9,11,13-16,19H2,1-6H3,(H,43,52)(H,44,51)(H,45,49)(H,46,50)/t22?,23-,24-,25?,26-,27?,30+,31?,32-/m0/s1. The van der Waals surface area contributed by atoms with Crippen molar-refractivity contribution < 1.29 is 37.5 Å². The maximum absolute atomic E-state index is 14.3. The molecule has 53 heavy (non-hydrogen) atoms. The van der Waals surface area contributed by atoms with Crippen molar-refractivity contribution in [1.82, 2.24) is 31.5 Å². The van der Waals surface area contributed by atoms with Gasteiger partial charge in [0.05, 0.1) is 6.04 Å². The number of fused-ring (bicyclic) bond motifs is 1. The van der Waals surface area contributed by atoms with Gasteiger partial charge < -0.3 is 31.5 Å². The van der Waals surface area contributed by atoms with Crippen molar-refractivity contribution >= 4 is 41.5 Å². The van der Waals surface area contributed by atoms with E-state index in [9.17, 15) is 37.5 Å². The molecule has 0 aromatic heterocycles. The second-order valence-corrected chi connectivity index (χ2v) is 15.3. The molecule has 0 radical (unpaired) electrons. The van der Waals surface area contributed by atoms with Crippen LogP contribution in [0, 0.1) is 35.5 Å². The van der Waals surface area contributed by atoms with Gasteiger partial charge in [-0.25, -0.2) is 8.78 Å². The van der Waals surface area contributed by atoms with Gasteiger partial charge in [0.1, 0.15) is 23.8 Å². The molecule has 5 N–H and O–H groups in total. The van der Waals surface area contributed by atoms with Gasteiger partial charge in [-0.2, -0.15) is 0 Å². The number of alkyl halides is 2. The van der Waals surface area contributed by atoms with Crippen LogP contribution in [0.3, 0.4) is 0 Å². The van der Waals surface area contributed by atoms with E-state index in [0.717, 1.165) is 12.8 Å². The molecule has 4 rings (SSSR count). The van der Waals surface area contributed by atoms with Crippen LogP contribution < -0.4 is 26.6 Å². The highest BCUT2D eigenvalue weighted by atomic mass is 19.3. The number of hydrogen-bond acceptors (Lipinski definition) is 8. The average molecular weight is 744 g/mol. The van der Waals surface area contributed by atoms with E-state index < -0.39 is 90.7 Å². The zero-order chi connectivity index (χ0) is 39.0. The van der Waals surface area contributed by atoms with Crippen molar-refractivity contribution in [3.8, 4) is 0 Å². The van der Waals surface area contributed by atoms with Gasteiger partial charge in [0, 0.05) is 43.9 Å². The summed E-state index contributed by atoms with van der Waals surface area (Å²) in [7, 11) is 0. The summed E-state index contributed by atoms with van der Waals surface area (Å²) in [4.78, 5) is 87.2. The zero-order valence-electron chi connectivity index (χ0n) is 31.4. The minimum Gasteiger partial charge on any atom is -0.384 e. The van der Waals surface area contributed by atoms with E-state index in [2.05, 4.69) is 31.6 Å². The Morgan fingerprint density at radius 1 is 0.906 bits per heavy atom. The third kappa shape index (κ3) is 10.4. The molecular weight excluding hydrogens is 688 g/mol. The van der Waals surface area contributed by atoms with Crippen LogP contribution in [0.1, 0.15) is 73.6 Å². The van der Waals surface area contributed by atoms with Crippen LogP contribution in [-0.4, -0.2) is 96.2 Å². The highest BCUT2D eigenvalue weighted by molar-refractivity contribution is 6.38. The normalized spacial score (nSPS) is 25.6.